The van der Waals surface area contributed by atoms with E-state index in [2.05, 4.69) is 25.7 Å². The number of benzene rings is 2. The molecule has 2 unspecified atom stereocenters. The Morgan fingerprint density at radius 3 is 2.62 bits per heavy atom. The van der Waals surface area contributed by atoms with Gasteiger partial charge in [-0.05, 0) is 30.3 Å². The van der Waals surface area contributed by atoms with Gasteiger partial charge in [-0.25, -0.2) is 9.78 Å². The number of thiazole rings is 1. The van der Waals surface area contributed by atoms with Gasteiger partial charge in [0.05, 0.1) is 27.2 Å². The molecule has 3 aromatic rings. The molecule has 0 aliphatic carbocycles. The molecule has 12 nitrogen and oxygen atoms in total. The van der Waals surface area contributed by atoms with E-state index in [-0.39, 0.29) is 16.4 Å². The number of carboxylic acids is 1. The number of alkyl halides is 3. The molecule has 2 heterocycles. The number of aliphatic hydroxyl groups is 1. The number of carbonyl (C=O) groups is 3. The maximum absolute atomic E-state index is 12.6. The van der Waals surface area contributed by atoms with Crippen LogP contribution in [0.1, 0.15) is 10.4 Å². The fraction of sp³-hybridized carbons (Fsp3) is 0.238. The van der Waals surface area contributed by atoms with E-state index in [1.807, 2.05) is 0 Å². The molecule has 2 aromatic carbocycles. The van der Waals surface area contributed by atoms with Crippen molar-refractivity contribution in [2.45, 2.75) is 18.2 Å². The Morgan fingerprint density at radius 1 is 1.27 bits per heavy atom. The number of halogens is 3. The van der Waals surface area contributed by atoms with E-state index in [4.69, 9.17) is 5.73 Å². The molecule has 4 rings (SSSR count). The predicted octanol–water partition coefficient (Wildman–Crippen LogP) is 1.48. The zero-order valence-corrected chi connectivity index (χ0v) is 19.6. The van der Waals surface area contributed by atoms with Crippen molar-refractivity contribution < 1.29 is 42.5 Å². The molecule has 1 aliphatic heterocycles. The number of carbonyl (C=O) groups excluding carboxylic acids is 2. The fourth-order valence-corrected chi connectivity index (χ4v) is 4.85. The van der Waals surface area contributed by atoms with Crippen molar-refractivity contribution in [3.05, 3.63) is 42.0 Å². The average Bonchev–Trinajstić information content (AvgIpc) is 3.33. The number of nitrogens with one attached hydrogen (secondary N) is 3. The molecule has 1 aromatic heterocycles. The number of aromatic nitrogens is 1. The quantitative estimate of drug-likeness (QED) is 0.245. The molecular formula is C21H19F3N6O6S. The number of hydrogen-bond donors (Lipinski definition) is 6. The van der Waals surface area contributed by atoms with Gasteiger partial charge in [0.15, 0.2) is 11.2 Å². The Morgan fingerprint density at radius 2 is 2.00 bits per heavy atom. The molecule has 0 radical (unpaired) electrons. The molecule has 196 valence electrons. The Hall–Kier alpha value is -4.31. The third-order valence-corrected chi connectivity index (χ3v) is 6.43. The second-order valence-corrected chi connectivity index (χ2v) is 8.90. The first kappa shape index (κ1) is 25.8. The van der Waals surface area contributed by atoms with Crippen LogP contribution < -0.4 is 31.3 Å². The number of aromatic carboxylic acids is 1. The minimum atomic E-state index is -4.89. The number of aliphatic hydroxyl groups excluding tert-OH is 1. The molecule has 1 aliphatic rings. The summed E-state index contributed by atoms with van der Waals surface area (Å²) in [5.74, 6) is -5.39. The third kappa shape index (κ3) is 5.01. The van der Waals surface area contributed by atoms with E-state index in [1.54, 1.807) is 0 Å². The second kappa shape index (κ2) is 9.29. The van der Waals surface area contributed by atoms with Crippen molar-refractivity contribution in [1.82, 2.24) is 10.3 Å². The van der Waals surface area contributed by atoms with Gasteiger partial charge in [-0.1, -0.05) is 11.3 Å². The highest BCUT2D eigenvalue weighted by atomic mass is 32.1. The molecule has 0 saturated carbocycles. The van der Waals surface area contributed by atoms with Gasteiger partial charge in [-0.2, -0.15) is 0 Å². The van der Waals surface area contributed by atoms with Crippen LogP contribution in [0.5, 0.6) is 5.75 Å². The SMILES string of the molecule is CN1c2ccc(C(=O)O)cc2NC1(Nc1nc2ccc(OC(F)(F)F)cc2s1)C(NC(=O)CO)C(N)=O. The summed E-state index contributed by atoms with van der Waals surface area (Å²) in [5, 5.41) is 27.0. The summed E-state index contributed by atoms with van der Waals surface area (Å²) in [7, 11) is 1.52. The molecule has 2 atom stereocenters. The van der Waals surface area contributed by atoms with Crippen LogP contribution in [0, 0.1) is 0 Å². The summed E-state index contributed by atoms with van der Waals surface area (Å²) in [6, 6.07) is 6.09. The van der Waals surface area contributed by atoms with Crippen LogP contribution in [0.2, 0.25) is 0 Å². The number of anilines is 3. The summed E-state index contributed by atoms with van der Waals surface area (Å²) in [6.45, 7) is -0.956. The summed E-state index contributed by atoms with van der Waals surface area (Å²) in [4.78, 5) is 41.9. The molecule has 37 heavy (non-hydrogen) atoms. The van der Waals surface area contributed by atoms with E-state index < -0.39 is 48.3 Å². The van der Waals surface area contributed by atoms with Crippen LogP contribution in [-0.4, -0.2) is 64.8 Å². The fourth-order valence-electron chi connectivity index (χ4n) is 3.90. The van der Waals surface area contributed by atoms with Crippen molar-refractivity contribution in [2.24, 2.45) is 5.73 Å². The standard InChI is InChI=1S/C21H19F3N6O6S/c1-30-13-5-2-9(18(34)35)6-12(13)28-20(30,16(17(25)33)27-15(32)8-31)29-19-26-11-4-3-10(7-14(11)37-19)36-21(22,23)24/h2-7,16,28,31H,8H2,1H3,(H2,25,33)(H,26,29)(H,27,32)(H,34,35). The lowest BCUT2D eigenvalue weighted by Gasteiger charge is -2.42. The number of carboxylic acid groups (broad SMARTS) is 1. The maximum Gasteiger partial charge on any atom is 0.573 e. The Labute approximate surface area is 209 Å². The highest BCUT2D eigenvalue weighted by molar-refractivity contribution is 7.22. The number of amides is 2. The maximum atomic E-state index is 12.6. The van der Waals surface area contributed by atoms with Gasteiger partial charge in [0.2, 0.25) is 17.6 Å². The van der Waals surface area contributed by atoms with Crippen LogP contribution in [-0.2, 0) is 9.59 Å². The van der Waals surface area contributed by atoms with Crippen LogP contribution in [0.4, 0.5) is 29.7 Å². The largest absolute Gasteiger partial charge is 0.573 e. The lowest BCUT2D eigenvalue weighted by atomic mass is 10.1. The van der Waals surface area contributed by atoms with Crippen molar-refractivity contribution in [1.29, 1.82) is 0 Å². The van der Waals surface area contributed by atoms with E-state index in [1.165, 1.54) is 36.2 Å². The lowest BCUT2D eigenvalue weighted by Crippen LogP contribution is -2.72. The van der Waals surface area contributed by atoms with E-state index in [0.717, 1.165) is 23.5 Å². The zero-order valence-electron chi connectivity index (χ0n) is 18.8. The minimum absolute atomic E-state index is 0.0670. The van der Waals surface area contributed by atoms with Gasteiger partial charge < -0.3 is 41.5 Å². The number of ether oxygens (including phenoxy) is 1. The highest BCUT2D eigenvalue weighted by Crippen LogP contribution is 2.43. The topological polar surface area (TPSA) is 179 Å². The van der Waals surface area contributed by atoms with Gasteiger partial charge in [-0.3, -0.25) is 9.59 Å². The van der Waals surface area contributed by atoms with E-state index in [9.17, 15) is 37.8 Å². The zero-order chi connectivity index (χ0) is 27.1. The summed E-state index contributed by atoms with van der Waals surface area (Å²) < 4.78 is 42.1. The molecule has 2 amide bonds. The van der Waals surface area contributed by atoms with Crippen molar-refractivity contribution in [2.75, 3.05) is 29.2 Å². The van der Waals surface area contributed by atoms with Crippen LogP contribution in [0.3, 0.4) is 0 Å². The van der Waals surface area contributed by atoms with Crippen LogP contribution >= 0.6 is 11.3 Å². The first-order valence-corrected chi connectivity index (χ1v) is 11.2. The normalized spacial score (nSPS) is 17.6. The predicted molar refractivity (Wildman–Crippen MR) is 126 cm³/mol. The third-order valence-electron chi connectivity index (χ3n) is 5.50. The highest BCUT2D eigenvalue weighted by Gasteiger charge is 2.52. The van der Waals surface area contributed by atoms with Gasteiger partial charge in [-0.15, -0.1) is 13.2 Å². The molecule has 0 bridgehead atoms. The lowest BCUT2D eigenvalue weighted by molar-refractivity contribution is -0.274. The van der Waals surface area contributed by atoms with Gasteiger partial charge in [0.25, 0.3) is 0 Å². The van der Waals surface area contributed by atoms with Crippen LogP contribution in [0.15, 0.2) is 36.4 Å². The summed E-state index contributed by atoms with van der Waals surface area (Å²) in [6.07, 6.45) is -4.89. The molecule has 0 spiro atoms. The van der Waals surface area contributed by atoms with Crippen molar-refractivity contribution in [3.63, 3.8) is 0 Å². The van der Waals surface area contributed by atoms with Gasteiger partial charge in [0.1, 0.15) is 12.4 Å². The number of fused-ring (bicyclic) bond motifs is 2. The molecule has 0 fully saturated rings. The molecular weight excluding hydrogens is 521 g/mol. The Kier molecular flexibility index (Phi) is 6.47. The number of hydrogen-bond acceptors (Lipinski definition) is 10. The molecule has 16 heteroatoms. The summed E-state index contributed by atoms with van der Waals surface area (Å²) >= 11 is 0.921. The second-order valence-electron chi connectivity index (χ2n) is 7.87. The molecule has 0 saturated heterocycles. The number of primary amides is 1. The Balaban J connectivity index is 1.78. The first-order chi connectivity index (χ1) is 17.3. The van der Waals surface area contributed by atoms with Gasteiger partial charge in [0, 0.05) is 13.1 Å². The number of nitrogens with two attached hydrogens (primary N) is 1. The first-order valence-electron chi connectivity index (χ1n) is 10.4. The Bertz CT molecular complexity index is 1400. The van der Waals surface area contributed by atoms with E-state index in [0.29, 0.717) is 15.9 Å². The monoisotopic (exact) mass is 540 g/mol. The number of rotatable bonds is 8. The minimum Gasteiger partial charge on any atom is -0.478 e. The van der Waals surface area contributed by atoms with Gasteiger partial charge >= 0.3 is 12.3 Å². The number of likely N-dealkylation sites (N-methyl/N-ethyl adjacent to an activating group) is 1. The average molecular weight is 540 g/mol. The van der Waals surface area contributed by atoms with Crippen molar-refractivity contribution in [3.8, 4) is 5.75 Å². The van der Waals surface area contributed by atoms with Crippen LogP contribution in [0.25, 0.3) is 10.2 Å². The number of nitrogens with zero attached hydrogens (tertiary/aromatic N) is 2. The molecule has 7 N–H and O–H groups in total. The summed E-state index contributed by atoms with van der Waals surface area (Å²) in [5.41, 5.74) is 6.53. The van der Waals surface area contributed by atoms with Crippen molar-refractivity contribution >= 4 is 55.8 Å². The van der Waals surface area contributed by atoms with E-state index >= 15 is 0 Å². The smallest absolute Gasteiger partial charge is 0.478 e.